The first-order valence-electron chi connectivity index (χ1n) is 8.60. The molecule has 0 aromatic heterocycles. The summed E-state index contributed by atoms with van der Waals surface area (Å²) in [5, 5.41) is 3.68. The predicted octanol–water partition coefficient (Wildman–Crippen LogP) is 3.61. The molecule has 1 amide bonds. The number of ether oxygens (including phenoxy) is 1. The maximum Gasteiger partial charge on any atom is 0.410 e. The molecule has 0 aliphatic carbocycles. The lowest BCUT2D eigenvalue weighted by Gasteiger charge is -2.42. The van der Waals surface area contributed by atoms with Gasteiger partial charge in [-0.3, -0.25) is 0 Å². The summed E-state index contributed by atoms with van der Waals surface area (Å²) in [6, 6.07) is 0.293. The molecule has 5 nitrogen and oxygen atoms in total. The highest BCUT2D eigenvalue weighted by Crippen LogP contribution is 2.36. The van der Waals surface area contributed by atoms with Crippen LogP contribution in [0.2, 0.25) is 18.1 Å². The van der Waals surface area contributed by atoms with Crippen LogP contribution in [-0.4, -0.2) is 56.7 Å². The summed E-state index contributed by atoms with van der Waals surface area (Å²) >= 11 is 0. The van der Waals surface area contributed by atoms with Crippen molar-refractivity contribution in [3.8, 4) is 0 Å². The first-order valence-corrected chi connectivity index (χ1v) is 11.5. The van der Waals surface area contributed by atoms with Crippen LogP contribution < -0.4 is 5.32 Å². The fraction of sp³-hybridized carbons (Fsp3) is 0.941. The molecule has 1 rings (SSSR count). The molecule has 1 saturated heterocycles. The van der Waals surface area contributed by atoms with E-state index in [9.17, 15) is 4.79 Å². The highest BCUT2D eigenvalue weighted by atomic mass is 28.4. The van der Waals surface area contributed by atoms with E-state index >= 15 is 0 Å². The number of nitrogens with zero attached hydrogens (tertiary/aromatic N) is 1. The lowest BCUT2D eigenvalue weighted by molar-refractivity contribution is 0.00717. The highest BCUT2D eigenvalue weighted by Gasteiger charge is 2.39. The average molecular weight is 345 g/mol. The van der Waals surface area contributed by atoms with Crippen molar-refractivity contribution in [2.45, 2.75) is 84.3 Å². The molecule has 136 valence electrons. The molecule has 0 saturated carbocycles. The first kappa shape index (κ1) is 20.5. The Hall–Kier alpha value is -0.593. The molecule has 1 aliphatic heterocycles. The summed E-state index contributed by atoms with van der Waals surface area (Å²) in [6.07, 6.45) is -0.233. The monoisotopic (exact) mass is 344 g/mol. The number of carbonyl (C=O) groups is 1. The smallest absolute Gasteiger partial charge is 0.410 e. The van der Waals surface area contributed by atoms with Crippen LogP contribution in [0.25, 0.3) is 0 Å². The number of piperazine rings is 1. The van der Waals surface area contributed by atoms with Gasteiger partial charge in [0.25, 0.3) is 0 Å². The molecule has 23 heavy (non-hydrogen) atoms. The molecule has 0 aromatic carbocycles. The number of nitrogens with one attached hydrogen (secondary N) is 1. The van der Waals surface area contributed by atoms with Gasteiger partial charge in [-0.25, -0.2) is 4.79 Å². The Bertz CT molecular complexity index is 413. The minimum atomic E-state index is -1.77. The molecule has 0 unspecified atom stereocenters. The molecule has 1 aliphatic rings. The lowest BCUT2D eigenvalue weighted by atomic mass is 10.1. The Kier molecular flexibility index (Phi) is 6.32. The molecule has 2 atom stereocenters. The fourth-order valence-electron chi connectivity index (χ4n) is 2.14. The molecule has 0 radical (unpaired) electrons. The number of carbonyl (C=O) groups excluding carboxylic acids is 1. The van der Waals surface area contributed by atoms with E-state index in [2.05, 4.69) is 39.2 Å². The number of rotatable bonds is 3. The summed E-state index contributed by atoms with van der Waals surface area (Å²) < 4.78 is 11.8. The number of amides is 1. The van der Waals surface area contributed by atoms with Gasteiger partial charge >= 0.3 is 6.09 Å². The minimum Gasteiger partial charge on any atom is -0.444 e. The largest absolute Gasteiger partial charge is 0.444 e. The molecular formula is C17H36N2O3Si. The SMILES string of the molecule is C[C@H]1CN[C@H](CO[Si](C)(C)C(C)(C)C)CN1C(=O)OC(C)(C)C. The Balaban J connectivity index is 2.62. The Morgan fingerprint density at radius 2 is 1.78 bits per heavy atom. The van der Waals surface area contributed by atoms with Crippen LogP contribution in [0.4, 0.5) is 4.79 Å². The Labute approximate surface area is 143 Å². The zero-order valence-corrected chi connectivity index (χ0v) is 17.4. The molecule has 0 aromatic rings. The van der Waals surface area contributed by atoms with Crippen molar-refractivity contribution >= 4 is 14.4 Å². The van der Waals surface area contributed by atoms with E-state index in [-0.39, 0.29) is 23.2 Å². The molecule has 0 spiro atoms. The van der Waals surface area contributed by atoms with E-state index in [1.807, 2.05) is 32.6 Å². The van der Waals surface area contributed by atoms with E-state index in [1.54, 1.807) is 0 Å². The van der Waals surface area contributed by atoms with E-state index < -0.39 is 13.9 Å². The second-order valence-corrected chi connectivity index (χ2v) is 14.0. The van der Waals surface area contributed by atoms with Crippen molar-refractivity contribution in [1.29, 1.82) is 0 Å². The topological polar surface area (TPSA) is 50.8 Å². The van der Waals surface area contributed by atoms with Crippen LogP contribution in [0.5, 0.6) is 0 Å². The van der Waals surface area contributed by atoms with Gasteiger partial charge in [-0.05, 0) is 45.8 Å². The fourth-order valence-corrected chi connectivity index (χ4v) is 3.19. The van der Waals surface area contributed by atoms with Crippen molar-refractivity contribution in [3.63, 3.8) is 0 Å². The van der Waals surface area contributed by atoms with Gasteiger partial charge in [-0.15, -0.1) is 0 Å². The van der Waals surface area contributed by atoms with Crippen molar-refractivity contribution < 1.29 is 14.0 Å². The van der Waals surface area contributed by atoms with Crippen LogP contribution in [0.15, 0.2) is 0 Å². The zero-order chi connectivity index (χ0) is 18.1. The third kappa shape index (κ3) is 6.08. The van der Waals surface area contributed by atoms with E-state index in [0.717, 1.165) is 6.54 Å². The van der Waals surface area contributed by atoms with Gasteiger partial charge in [0.05, 0.1) is 6.61 Å². The van der Waals surface area contributed by atoms with Crippen LogP contribution in [0.3, 0.4) is 0 Å². The standard InChI is InChI=1S/C17H36N2O3Si/c1-13-10-18-14(12-21-23(8,9)17(5,6)7)11-19(13)15(20)22-16(2,3)4/h13-14,18H,10-12H2,1-9H3/t13-,14-/m0/s1. The van der Waals surface area contributed by atoms with Crippen molar-refractivity contribution in [2.24, 2.45) is 0 Å². The first-order chi connectivity index (χ1) is 10.2. The summed E-state index contributed by atoms with van der Waals surface area (Å²) in [7, 11) is -1.77. The minimum absolute atomic E-state index is 0.133. The average Bonchev–Trinajstić information content (AvgIpc) is 2.34. The molecule has 6 heteroatoms. The summed E-state index contributed by atoms with van der Waals surface area (Å²) in [6.45, 7) is 21.0. The van der Waals surface area contributed by atoms with E-state index in [4.69, 9.17) is 9.16 Å². The lowest BCUT2D eigenvalue weighted by Crippen LogP contribution is -2.60. The molecular weight excluding hydrogens is 308 g/mol. The van der Waals surface area contributed by atoms with Crippen LogP contribution in [-0.2, 0) is 9.16 Å². The van der Waals surface area contributed by atoms with Crippen molar-refractivity contribution in [2.75, 3.05) is 19.7 Å². The molecule has 1 fully saturated rings. The van der Waals surface area contributed by atoms with E-state index in [0.29, 0.717) is 13.2 Å². The normalized spacial score (nSPS) is 23.8. The second kappa shape index (κ2) is 7.11. The molecule has 1 heterocycles. The highest BCUT2D eigenvalue weighted by molar-refractivity contribution is 6.74. The van der Waals surface area contributed by atoms with Gasteiger partial charge in [0, 0.05) is 25.2 Å². The number of hydrogen-bond donors (Lipinski definition) is 1. The maximum absolute atomic E-state index is 12.4. The number of hydrogen-bond acceptors (Lipinski definition) is 4. The van der Waals surface area contributed by atoms with Gasteiger partial charge in [-0.2, -0.15) is 0 Å². The summed E-state index contributed by atoms with van der Waals surface area (Å²) in [5.41, 5.74) is -0.463. The van der Waals surface area contributed by atoms with Gasteiger partial charge in [-0.1, -0.05) is 20.8 Å². The Morgan fingerprint density at radius 3 is 2.26 bits per heavy atom. The van der Waals surface area contributed by atoms with Crippen molar-refractivity contribution in [1.82, 2.24) is 10.2 Å². The maximum atomic E-state index is 12.4. The van der Waals surface area contributed by atoms with Gasteiger partial charge in [0.2, 0.25) is 0 Å². The second-order valence-electron chi connectivity index (χ2n) is 9.16. The molecule has 0 bridgehead atoms. The van der Waals surface area contributed by atoms with Gasteiger partial charge in [0.15, 0.2) is 8.32 Å². The quantitative estimate of drug-likeness (QED) is 0.795. The van der Waals surface area contributed by atoms with Crippen LogP contribution in [0.1, 0.15) is 48.5 Å². The van der Waals surface area contributed by atoms with Gasteiger partial charge < -0.3 is 19.4 Å². The summed E-state index contributed by atoms with van der Waals surface area (Å²) in [4.78, 5) is 14.2. The predicted molar refractivity (Wildman–Crippen MR) is 97.3 cm³/mol. The molecule has 1 N–H and O–H groups in total. The third-order valence-corrected chi connectivity index (χ3v) is 9.23. The van der Waals surface area contributed by atoms with Crippen LogP contribution in [0, 0.1) is 0 Å². The third-order valence-electron chi connectivity index (χ3n) is 4.73. The summed E-state index contributed by atoms with van der Waals surface area (Å²) in [5.74, 6) is 0. The van der Waals surface area contributed by atoms with Gasteiger partial charge in [0.1, 0.15) is 5.60 Å². The van der Waals surface area contributed by atoms with Crippen LogP contribution >= 0.6 is 0 Å². The zero-order valence-electron chi connectivity index (χ0n) is 16.4. The van der Waals surface area contributed by atoms with Crippen molar-refractivity contribution in [3.05, 3.63) is 0 Å². The Morgan fingerprint density at radius 1 is 1.22 bits per heavy atom. The van der Waals surface area contributed by atoms with E-state index in [1.165, 1.54) is 0 Å².